The first-order valence-corrected chi connectivity index (χ1v) is 7.09. The van der Waals surface area contributed by atoms with Crippen molar-refractivity contribution in [1.82, 2.24) is 4.90 Å². The Balaban J connectivity index is 2.00. The van der Waals surface area contributed by atoms with Gasteiger partial charge in [0.25, 0.3) is 0 Å². The van der Waals surface area contributed by atoms with Crippen molar-refractivity contribution in [2.45, 2.75) is 12.5 Å². The molecule has 1 unspecified atom stereocenters. The number of ether oxygens (including phenoxy) is 2. The molecule has 1 aromatic rings. The fraction of sp³-hybridized carbons (Fsp3) is 0.467. The third kappa shape index (κ3) is 4.19. The van der Waals surface area contributed by atoms with Crippen LogP contribution in [0.1, 0.15) is 6.42 Å². The van der Waals surface area contributed by atoms with Crippen molar-refractivity contribution in [2.75, 3.05) is 38.7 Å². The zero-order chi connectivity index (χ0) is 15.9. The summed E-state index contributed by atoms with van der Waals surface area (Å²) in [5.41, 5.74) is 0.529. The van der Waals surface area contributed by atoms with Crippen molar-refractivity contribution in [3.05, 3.63) is 24.3 Å². The molecule has 1 aromatic carbocycles. The lowest BCUT2D eigenvalue weighted by atomic mass is 10.1. The molecule has 2 rings (SSSR count). The highest BCUT2D eigenvalue weighted by Gasteiger charge is 2.29. The number of rotatable bonds is 6. The summed E-state index contributed by atoms with van der Waals surface area (Å²) in [4.78, 5) is 25.3. The third-order valence-electron chi connectivity index (χ3n) is 3.53. The van der Waals surface area contributed by atoms with Gasteiger partial charge in [0.1, 0.15) is 11.8 Å². The Morgan fingerprint density at radius 1 is 1.36 bits per heavy atom. The summed E-state index contributed by atoms with van der Waals surface area (Å²) in [6, 6.07) is 6.16. The van der Waals surface area contributed by atoms with Crippen LogP contribution in [0, 0.1) is 0 Å². The van der Waals surface area contributed by atoms with Crippen molar-refractivity contribution in [2.24, 2.45) is 0 Å². The van der Waals surface area contributed by atoms with E-state index < -0.39 is 12.0 Å². The molecule has 0 saturated carbocycles. The Morgan fingerprint density at radius 3 is 2.68 bits per heavy atom. The van der Waals surface area contributed by atoms with Gasteiger partial charge in [0.2, 0.25) is 5.91 Å². The number of aliphatic carboxylic acids is 1. The third-order valence-corrected chi connectivity index (χ3v) is 3.53. The molecule has 0 aromatic heterocycles. The number of benzene rings is 1. The van der Waals surface area contributed by atoms with Gasteiger partial charge in [-0.05, 0) is 12.1 Å². The number of nitrogens with zero attached hydrogens (tertiary/aromatic N) is 1. The van der Waals surface area contributed by atoms with Gasteiger partial charge in [-0.15, -0.1) is 0 Å². The molecule has 1 aliphatic heterocycles. The molecule has 1 saturated heterocycles. The number of amides is 1. The fourth-order valence-electron chi connectivity index (χ4n) is 2.39. The standard InChI is InChI=1S/C15H20N2O5/c1-21-13-5-3-2-4-11(13)16-14(18)10-12(15(19)20)17-6-8-22-9-7-17/h2-5,12H,6-10H2,1H3,(H,16,18)(H,19,20). The summed E-state index contributed by atoms with van der Waals surface area (Å²) in [7, 11) is 1.51. The van der Waals surface area contributed by atoms with Gasteiger partial charge in [0.15, 0.2) is 0 Å². The molecule has 0 bridgehead atoms. The first-order chi connectivity index (χ1) is 10.6. The number of hydrogen-bond donors (Lipinski definition) is 2. The van der Waals surface area contributed by atoms with E-state index in [1.165, 1.54) is 7.11 Å². The second-order valence-electron chi connectivity index (χ2n) is 4.95. The summed E-state index contributed by atoms with van der Waals surface area (Å²) >= 11 is 0. The Bertz CT molecular complexity index is 528. The Kier molecular flexibility index (Phi) is 5.74. The minimum atomic E-state index is -1.00. The SMILES string of the molecule is COc1ccccc1NC(=O)CC(C(=O)O)N1CCOCC1. The number of morpholine rings is 1. The van der Waals surface area contributed by atoms with Gasteiger partial charge in [-0.2, -0.15) is 0 Å². The van der Waals surface area contributed by atoms with Crippen molar-refractivity contribution < 1.29 is 24.2 Å². The van der Waals surface area contributed by atoms with Crippen LogP contribution < -0.4 is 10.1 Å². The van der Waals surface area contributed by atoms with Crippen LogP contribution >= 0.6 is 0 Å². The molecule has 1 atom stereocenters. The predicted molar refractivity (Wildman–Crippen MR) is 80.1 cm³/mol. The number of carbonyl (C=O) groups excluding carboxylic acids is 1. The molecule has 7 nitrogen and oxygen atoms in total. The highest BCUT2D eigenvalue weighted by atomic mass is 16.5. The van der Waals surface area contributed by atoms with Crippen LogP contribution in [0.25, 0.3) is 0 Å². The van der Waals surface area contributed by atoms with Crippen molar-refractivity contribution in [3.8, 4) is 5.75 Å². The number of nitrogens with one attached hydrogen (secondary N) is 1. The zero-order valence-electron chi connectivity index (χ0n) is 12.4. The zero-order valence-corrected chi connectivity index (χ0v) is 12.4. The second kappa shape index (κ2) is 7.77. The molecule has 0 radical (unpaired) electrons. The van der Waals surface area contributed by atoms with Crippen LogP contribution in [-0.2, 0) is 14.3 Å². The van der Waals surface area contributed by atoms with E-state index in [9.17, 15) is 14.7 Å². The minimum absolute atomic E-state index is 0.118. The van der Waals surface area contributed by atoms with Gasteiger partial charge < -0.3 is 19.9 Å². The van der Waals surface area contributed by atoms with E-state index in [0.29, 0.717) is 37.7 Å². The molecule has 1 fully saturated rings. The van der Waals surface area contributed by atoms with Crippen molar-refractivity contribution >= 4 is 17.6 Å². The summed E-state index contributed by atoms with van der Waals surface area (Å²) in [6.07, 6.45) is -0.118. The van der Waals surface area contributed by atoms with E-state index in [4.69, 9.17) is 9.47 Å². The molecule has 7 heteroatoms. The number of carbonyl (C=O) groups is 2. The first-order valence-electron chi connectivity index (χ1n) is 7.09. The van der Waals surface area contributed by atoms with Crippen molar-refractivity contribution in [3.63, 3.8) is 0 Å². The van der Waals surface area contributed by atoms with Crippen LogP contribution in [0.2, 0.25) is 0 Å². The normalized spacial score (nSPS) is 16.8. The number of hydrogen-bond acceptors (Lipinski definition) is 5. The Labute approximate surface area is 128 Å². The molecular formula is C15H20N2O5. The monoisotopic (exact) mass is 308 g/mol. The van der Waals surface area contributed by atoms with Crippen LogP contribution in [0.5, 0.6) is 5.75 Å². The molecular weight excluding hydrogens is 288 g/mol. The Morgan fingerprint density at radius 2 is 2.05 bits per heavy atom. The fourth-order valence-corrected chi connectivity index (χ4v) is 2.39. The predicted octanol–water partition coefficient (Wildman–Crippen LogP) is 0.809. The maximum Gasteiger partial charge on any atom is 0.321 e. The maximum atomic E-state index is 12.2. The minimum Gasteiger partial charge on any atom is -0.495 e. The quantitative estimate of drug-likeness (QED) is 0.808. The lowest BCUT2D eigenvalue weighted by molar-refractivity contribution is -0.147. The van der Waals surface area contributed by atoms with E-state index >= 15 is 0 Å². The Hall–Kier alpha value is -2.12. The average Bonchev–Trinajstić information content (AvgIpc) is 2.53. The molecule has 120 valence electrons. The summed E-state index contributed by atoms with van der Waals surface area (Å²) < 4.78 is 10.4. The van der Waals surface area contributed by atoms with Gasteiger partial charge in [-0.25, -0.2) is 0 Å². The average molecular weight is 308 g/mol. The molecule has 0 aliphatic carbocycles. The van der Waals surface area contributed by atoms with E-state index in [1.54, 1.807) is 29.2 Å². The second-order valence-corrected chi connectivity index (χ2v) is 4.95. The van der Waals surface area contributed by atoms with Gasteiger partial charge in [-0.1, -0.05) is 12.1 Å². The first kappa shape index (κ1) is 16.3. The number of carboxylic acid groups (broad SMARTS) is 1. The molecule has 1 amide bonds. The maximum absolute atomic E-state index is 12.2. The summed E-state index contributed by atoms with van der Waals surface area (Å²) in [5.74, 6) is -0.824. The van der Waals surface area contributed by atoms with Crippen molar-refractivity contribution in [1.29, 1.82) is 0 Å². The van der Waals surface area contributed by atoms with Crippen LogP contribution in [0.3, 0.4) is 0 Å². The topological polar surface area (TPSA) is 88.1 Å². The van der Waals surface area contributed by atoms with Crippen LogP contribution in [-0.4, -0.2) is 61.3 Å². The number of para-hydroxylation sites is 2. The van der Waals surface area contributed by atoms with E-state index in [2.05, 4.69) is 5.32 Å². The van der Waals surface area contributed by atoms with E-state index in [0.717, 1.165) is 0 Å². The number of methoxy groups -OCH3 is 1. The van der Waals surface area contributed by atoms with E-state index in [1.807, 2.05) is 0 Å². The largest absolute Gasteiger partial charge is 0.495 e. The molecule has 0 spiro atoms. The lowest BCUT2D eigenvalue weighted by Gasteiger charge is -2.31. The van der Waals surface area contributed by atoms with Gasteiger partial charge in [0, 0.05) is 13.1 Å². The summed E-state index contributed by atoms with van der Waals surface area (Å²) in [6.45, 7) is 1.99. The number of anilines is 1. The van der Waals surface area contributed by atoms with Gasteiger partial charge >= 0.3 is 5.97 Å². The van der Waals surface area contributed by atoms with E-state index in [-0.39, 0.29) is 12.3 Å². The molecule has 22 heavy (non-hydrogen) atoms. The number of carboxylic acids is 1. The highest BCUT2D eigenvalue weighted by molar-refractivity contribution is 5.95. The van der Waals surface area contributed by atoms with Crippen LogP contribution in [0.15, 0.2) is 24.3 Å². The van der Waals surface area contributed by atoms with Gasteiger partial charge in [0.05, 0.1) is 32.4 Å². The molecule has 1 heterocycles. The van der Waals surface area contributed by atoms with Gasteiger partial charge in [-0.3, -0.25) is 14.5 Å². The molecule has 2 N–H and O–H groups in total. The summed E-state index contributed by atoms with van der Waals surface area (Å²) in [5, 5.41) is 12.1. The lowest BCUT2D eigenvalue weighted by Crippen LogP contribution is -2.48. The smallest absolute Gasteiger partial charge is 0.321 e. The highest BCUT2D eigenvalue weighted by Crippen LogP contribution is 2.23. The molecule has 1 aliphatic rings. The van der Waals surface area contributed by atoms with Crippen LogP contribution in [0.4, 0.5) is 5.69 Å².